The fraction of sp³-hybridized carbons (Fsp3) is 0.400. The molecule has 1 amide bonds. The second-order valence-corrected chi connectivity index (χ2v) is 6.19. The van der Waals surface area contributed by atoms with E-state index in [2.05, 4.69) is 15.0 Å². The summed E-state index contributed by atoms with van der Waals surface area (Å²) < 4.78 is 46.7. The lowest BCUT2D eigenvalue weighted by Gasteiger charge is -2.21. The first kappa shape index (κ1) is 22.3. The molecule has 158 valence electrons. The maximum atomic E-state index is 12.8. The number of carbonyl (C=O) groups excluding carboxylic acids is 1. The Labute approximate surface area is 167 Å². The Kier molecular flexibility index (Phi) is 6.94. The van der Waals surface area contributed by atoms with Crippen molar-refractivity contribution in [1.82, 2.24) is 9.88 Å². The van der Waals surface area contributed by atoms with Crippen LogP contribution in [0.1, 0.15) is 29.8 Å². The summed E-state index contributed by atoms with van der Waals surface area (Å²) >= 11 is 0. The van der Waals surface area contributed by atoms with E-state index in [1.807, 2.05) is 13.8 Å². The zero-order chi connectivity index (χ0) is 21.8. The van der Waals surface area contributed by atoms with Crippen molar-refractivity contribution < 1.29 is 27.4 Å². The lowest BCUT2D eigenvalue weighted by Crippen LogP contribution is -2.31. The molecule has 0 unspecified atom stereocenters. The van der Waals surface area contributed by atoms with Crippen molar-refractivity contribution in [2.24, 2.45) is 0 Å². The van der Waals surface area contributed by atoms with Crippen molar-refractivity contribution in [3.8, 4) is 22.8 Å². The second-order valence-electron chi connectivity index (χ2n) is 6.19. The summed E-state index contributed by atoms with van der Waals surface area (Å²) in [5, 5.41) is 2.92. The van der Waals surface area contributed by atoms with Gasteiger partial charge in [-0.25, -0.2) is 4.98 Å². The quantitative estimate of drug-likeness (QED) is 0.728. The smallest absolute Gasteiger partial charge is 0.496 e. The number of carbonyl (C=O) groups is 1. The molecule has 9 heteroatoms. The van der Waals surface area contributed by atoms with E-state index in [0.29, 0.717) is 41.3 Å². The van der Waals surface area contributed by atoms with E-state index in [1.54, 1.807) is 24.9 Å². The molecular weight excluding hydrogens is 387 g/mol. The normalized spacial score (nSPS) is 11.2. The minimum Gasteiger partial charge on any atom is -0.496 e. The number of nitrogens with one attached hydrogen (secondary N) is 1. The van der Waals surface area contributed by atoms with E-state index in [-0.39, 0.29) is 11.7 Å². The van der Waals surface area contributed by atoms with Crippen LogP contribution in [0.4, 0.5) is 19.0 Å². The third-order valence-corrected chi connectivity index (χ3v) is 4.39. The lowest BCUT2D eigenvalue weighted by molar-refractivity contribution is -0.274. The van der Waals surface area contributed by atoms with Crippen molar-refractivity contribution in [3.63, 3.8) is 0 Å². The third kappa shape index (κ3) is 5.10. The Balaban J connectivity index is 2.54. The van der Waals surface area contributed by atoms with Gasteiger partial charge in [0.1, 0.15) is 17.3 Å². The van der Waals surface area contributed by atoms with Gasteiger partial charge in [-0.1, -0.05) is 0 Å². The summed E-state index contributed by atoms with van der Waals surface area (Å²) in [6.45, 7) is 6.69. The zero-order valence-electron chi connectivity index (χ0n) is 17.0. The molecule has 0 saturated carbocycles. The number of aryl methyl sites for hydroxylation is 1. The molecule has 0 aliphatic rings. The van der Waals surface area contributed by atoms with Crippen molar-refractivity contribution >= 4 is 11.7 Å². The molecule has 0 atom stereocenters. The van der Waals surface area contributed by atoms with Gasteiger partial charge >= 0.3 is 6.36 Å². The number of halogens is 3. The molecule has 0 fully saturated rings. The molecule has 6 nitrogen and oxygen atoms in total. The van der Waals surface area contributed by atoms with Crippen molar-refractivity contribution in [2.75, 3.05) is 32.6 Å². The van der Waals surface area contributed by atoms with Crippen LogP contribution in [0.25, 0.3) is 11.3 Å². The van der Waals surface area contributed by atoms with Crippen LogP contribution in [0.15, 0.2) is 24.3 Å². The van der Waals surface area contributed by atoms with Crippen LogP contribution < -0.4 is 14.8 Å². The van der Waals surface area contributed by atoms with E-state index >= 15 is 0 Å². The summed E-state index contributed by atoms with van der Waals surface area (Å²) in [5.41, 5.74) is 2.08. The van der Waals surface area contributed by atoms with Gasteiger partial charge in [-0.2, -0.15) is 0 Å². The number of nitrogens with zero attached hydrogens (tertiary/aromatic N) is 2. The van der Waals surface area contributed by atoms with Crippen LogP contribution in [0, 0.1) is 6.92 Å². The highest BCUT2D eigenvalue weighted by Gasteiger charge is 2.31. The van der Waals surface area contributed by atoms with Gasteiger partial charge in [0.15, 0.2) is 0 Å². The average molecular weight is 411 g/mol. The van der Waals surface area contributed by atoms with Crippen molar-refractivity contribution in [1.29, 1.82) is 0 Å². The van der Waals surface area contributed by atoms with Gasteiger partial charge in [-0.3, -0.25) is 4.79 Å². The number of methoxy groups -OCH3 is 1. The number of benzene rings is 1. The van der Waals surface area contributed by atoms with E-state index in [4.69, 9.17) is 4.74 Å². The fourth-order valence-corrected chi connectivity index (χ4v) is 2.99. The molecule has 1 aromatic carbocycles. The van der Waals surface area contributed by atoms with Crippen LogP contribution in [0.3, 0.4) is 0 Å². The van der Waals surface area contributed by atoms with Crippen molar-refractivity contribution in [3.05, 3.63) is 35.4 Å². The molecule has 1 aromatic heterocycles. The Morgan fingerprint density at radius 3 is 2.38 bits per heavy atom. The van der Waals surface area contributed by atoms with Gasteiger partial charge in [0.2, 0.25) is 0 Å². The SMILES string of the molecule is CCN(CC)C(=O)c1cc(C)c(-c2ccc(OC(F)(F)F)cc2OC)nc1NC. The van der Waals surface area contributed by atoms with Crippen LogP contribution in [0.2, 0.25) is 0 Å². The Morgan fingerprint density at radius 2 is 1.86 bits per heavy atom. The van der Waals surface area contributed by atoms with Crippen LogP contribution in [-0.2, 0) is 0 Å². The number of pyridine rings is 1. The van der Waals surface area contributed by atoms with E-state index in [1.165, 1.54) is 19.2 Å². The number of hydrogen-bond acceptors (Lipinski definition) is 5. The van der Waals surface area contributed by atoms with Gasteiger partial charge in [0.05, 0.1) is 18.4 Å². The number of alkyl halides is 3. The number of anilines is 1. The molecule has 1 heterocycles. The minimum atomic E-state index is -4.80. The first-order valence-electron chi connectivity index (χ1n) is 9.07. The molecule has 29 heavy (non-hydrogen) atoms. The van der Waals surface area contributed by atoms with Gasteiger partial charge in [-0.15, -0.1) is 13.2 Å². The average Bonchev–Trinajstić information content (AvgIpc) is 2.67. The number of rotatable bonds is 7. The highest BCUT2D eigenvalue weighted by atomic mass is 19.4. The maximum absolute atomic E-state index is 12.8. The predicted octanol–water partition coefficient (Wildman–Crippen LogP) is 4.49. The van der Waals surface area contributed by atoms with Gasteiger partial charge in [0.25, 0.3) is 5.91 Å². The van der Waals surface area contributed by atoms with Crippen molar-refractivity contribution in [2.45, 2.75) is 27.1 Å². The summed E-state index contributed by atoms with van der Waals surface area (Å²) in [6, 6.07) is 5.51. The van der Waals surface area contributed by atoms with Gasteiger partial charge < -0.3 is 19.7 Å². The van der Waals surface area contributed by atoms with E-state index < -0.39 is 12.1 Å². The molecule has 0 saturated heterocycles. The summed E-state index contributed by atoms with van der Waals surface area (Å²) in [5.74, 6) is 0.00714. The Morgan fingerprint density at radius 1 is 1.21 bits per heavy atom. The zero-order valence-corrected chi connectivity index (χ0v) is 17.0. The first-order chi connectivity index (χ1) is 13.6. The molecule has 0 aliphatic heterocycles. The third-order valence-electron chi connectivity index (χ3n) is 4.39. The molecule has 0 radical (unpaired) electrons. The molecule has 0 aliphatic carbocycles. The Hall–Kier alpha value is -2.97. The van der Waals surface area contributed by atoms with Crippen LogP contribution in [-0.4, -0.2) is 49.4 Å². The number of hydrogen-bond donors (Lipinski definition) is 1. The van der Waals surface area contributed by atoms with Gasteiger partial charge in [-0.05, 0) is 44.5 Å². The number of amides is 1. The molecule has 2 aromatic rings. The standard InChI is InChI=1S/C20H24F3N3O3/c1-6-26(7-2)19(27)15-10-12(3)17(25-18(15)24-4)14-9-8-13(11-16(14)28-5)29-20(21,22)23/h8-11H,6-7H2,1-5H3,(H,24,25). The molecule has 0 spiro atoms. The summed E-state index contributed by atoms with van der Waals surface area (Å²) in [6.07, 6.45) is -4.80. The fourth-order valence-electron chi connectivity index (χ4n) is 2.99. The minimum absolute atomic E-state index is 0.151. The number of ether oxygens (including phenoxy) is 2. The second kappa shape index (κ2) is 9.02. The highest BCUT2D eigenvalue weighted by Crippen LogP contribution is 2.37. The molecule has 1 N–H and O–H groups in total. The van der Waals surface area contributed by atoms with Crippen LogP contribution >= 0.6 is 0 Å². The maximum Gasteiger partial charge on any atom is 0.573 e. The highest BCUT2D eigenvalue weighted by molar-refractivity contribution is 5.99. The predicted molar refractivity (Wildman–Crippen MR) is 104 cm³/mol. The van der Waals surface area contributed by atoms with E-state index in [9.17, 15) is 18.0 Å². The van der Waals surface area contributed by atoms with Gasteiger partial charge in [0, 0.05) is 31.8 Å². The summed E-state index contributed by atoms with van der Waals surface area (Å²) in [7, 11) is 3.00. The first-order valence-corrected chi connectivity index (χ1v) is 9.07. The topological polar surface area (TPSA) is 63.7 Å². The van der Waals surface area contributed by atoms with Crippen LogP contribution in [0.5, 0.6) is 11.5 Å². The molecule has 0 bridgehead atoms. The number of aromatic nitrogens is 1. The Bertz CT molecular complexity index is 881. The largest absolute Gasteiger partial charge is 0.573 e. The molecule has 2 rings (SSSR count). The molecular formula is C20H24F3N3O3. The lowest BCUT2D eigenvalue weighted by atomic mass is 10.0. The summed E-state index contributed by atoms with van der Waals surface area (Å²) in [4.78, 5) is 19.0. The van der Waals surface area contributed by atoms with E-state index in [0.717, 1.165) is 6.07 Å². The monoisotopic (exact) mass is 411 g/mol.